The molecule has 0 saturated carbocycles. The summed E-state index contributed by atoms with van der Waals surface area (Å²) in [6.45, 7) is 2.25. The summed E-state index contributed by atoms with van der Waals surface area (Å²) in [5.41, 5.74) is 1.14. The molecule has 3 aromatic carbocycles. The first-order valence-corrected chi connectivity index (χ1v) is 12.6. The average Bonchev–Trinajstić information content (AvgIpc) is 2.86. The molecular formula is C26H19ClIN3O7. The van der Waals surface area contributed by atoms with Gasteiger partial charge in [-0.2, -0.15) is 0 Å². The molecule has 0 bridgehead atoms. The minimum absolute atomic E-state index is 0.0207. The maximum Gasteiger partial charge on any atom is 0.335 e. The van der Waals surface area contributed by atoms with Gasteiger partial charge in [0.2, 0.25) is 0 Å². The summed E-state index contributed by atoms with van der Waals surface area (Å²) in [7, 11) is 0. The van der Waals surface area contributed by atoms with Crippen molar-refractivity contribution in [3.05, 3.63) is 96.1 Å². The van der Waals surface area contributed by atoms with Gasteiger partial charge in [-0.25, -0.2) is 9.69 Å². The summed E-state index contributed by atoms with van der Waals surface area (Å²) in [5, 5.41) is 13.4. The Morgan fingerprint density at radius 2 is 1.82 bits per heavy atom. The quantitative estimate of drug-likeness (QED) is 0.113. The van der Waals surface area contributed by atoms with Gasteiger partial charge >= 0.3 is 6.03 Å². The minimum atomic E-state index is -0.876. The molecule has 12 heteroatoms. The molecule has 1 saturated heterocycles. The van der Waals surface area contributed by atoms with Crippen molar-refractivity contribution in [1.82, 2.24) is 5.32 Å². The Morgan fingerprint density at radius 1 is 1.08 bits per heavy atom. The van der Waals surface area contributed by atoms with Gasteiger partial charge in [0.25, 0.3) is 17.5 Å². The SMILES string of the molecule is CCOc1cc(/C=C2\C(=O)NC(=O)N(c3cccc(Cl)c3)C2=O)cc(I)c1OCc1ccc([N+](=O)[O-])cc1. The number of nitro benzene ring substituents is 1. The lowest BCUT2D eigenvalue weighted by Crippen LogP contribution is -2.54. The molecule has 1 aliphatic heterocycles. The number of non-ortho nitro benzene ring substituents is 1. The monoisotopic (exact) mass is 647 g/mol. The Morgan fingerprint density at radius 3 is 2.47 bits per heavy atom. The number of halogens is 2. The third-order valence-corrected chi connectivity index (χ3v) is 6.38. The van der Waals surface area contributed by atoms with Gasteiger partial charge in [-0.05, 0) is 89.2 Å². The molecule has 3 aromatic rings. The molecule has 0 aliphatic carbocycles. The molecule has 1 N–H and O–H groups in total. The fourth-order valence-electron chi connectivity index (χ4n) is 3.62. The second-order valence-corrected chi connectivity index (χ2v) is 9.51. The highest BCUT2D eigenvalue weighted by molar-refractivity contribution is 14.1. The van der Waals surface area contributed by atoms with Gasteiger partial charge in [-0.1, -0.05) is 17.7 Å². The lowest BCUT2D eigenvalue weighted by molar-refractivity contribution is -0.384. The standard InChI is InChI=1S/C26H19ClIN3O7/c1-2-37-22-12-16(11-21(28)23(22)38-14-15-6-8-18(9-7-15)31(35)36)10-20-24(32)29-26(34)30(25(20)33)19-5-3-4-17(27)13-19/h3-13H,2,14H2,1H3,(H,29,32,34)/b20-10+. The summed E-state index contributed by atoms with van der Waals surface area (Å²) in [5.74, 6) is -0.820. The zero-order valence-electron chi connectivity index (χ0n) is 19.8. The molecule has 0 aromatic heterocycles. The number of nitrogens with one attached hydrogen (secondary N) is 1. The first-order valence-electron chi connectivity index (χ1n) is 11.2. The van der Waals surface area contributed by atoms with Crippen LogP contribution in [-0.4, -0.2) is 29.4 Å². The molecule has 10 nitrogen and oxygen atoms in total. The van der Waals surface area contributed by atoms with Crippen molar-refractivity contribution in [1.29, 1.82) is 0 Å². The van der Waals surface area contributed by atoms with E-state index in [1.807, 2.05) is 22.6 Å². The van der Waals surface area contributed by atoms with Crippen LogP contribution in [0.3, 0.4) is 0 Å². The largest absolute Gasteiger partial charge is 0.490 e. The van der Waals surface area contributed by atoms with E-state index in [1.54, 1.807) is 43.3 Å². The van der Waals surface area contributed by atoms with Crippen molar-refractivity contribution >= 4 is 69.5 Å². The molecule has 1 aliphatic rings. The van der Waals surface area contributed by atoms with Crippen molar-refractivity contribution in [3.63, 3.8) is 0 Å². The number of imide groups is 2. The number of carbonyl (C=O) groups is 3. The van der Waals surface area contributed by atoms with Crippen LogP contribution in [0.1, 0.15) is 18.1 Å². The third kappa shape index (κ3) is 5.94. The van der Waals surface area contributed by atoms with Crippen LogP contribution in [0.2, 0.25) is 5.02 Å². The van der Waals surface area contributed by atoms with Gasteiger partial charge in [-0.15, -0.1) is 0 Å². The number of carbonyl (C=O) groups excluding carboxylic acids is 3. The molecule has 0 atom stereocenters. The smallest absolute Gasteiger partial charge is 0.335 e. The van der Waals surface area contributed by atoms with Gasteiger partial charge in [0.15, 0.2) is 11.5 Å². The molecule has 1 fully saturated rings. The van der Waals surface area contributed by atoms with Gasteiger partial charge in [0.05, 0.1) is 20.8 Å². The normalized spacial score (nSPS) is 14.4. The molecule has 0 unspecified atom stereocenters. The Balaban J connectivity index is 1.63. The molecule has 0 radical (unpaired) electrons. The van der Waals surface area contributed by atoms with Crippen LogP contribution in [0.4, 0.5) is 16.2 Å². The van der Waals surface area contributed by atoms with Crippen LogP contribution < -0.4 is 19.7 Å². The van der Waals surface area contributed by atoms with E-state index in [1.165, 1.54) is 30.3 Å². The minimum Gasteiger partial charge on any atom is -0.490 e. The summed E-state index contributed by atoms with van der Waals surface area (Å²) in [6.07, 6.45) is 1.37. The highest BCUT2D eigenvalue weighted by Crippen LogP contribution is 2.36. The van der Waals surface area contributed by atoms with Gasteiger partial charge in [0.1, 0.15) is 12.2 Å². The van der Waals surface area contributed by atoms with E-state index in [-0.39, 0.29) is 23.6 Å². The van der Waals surface area contributed by atoms with E-state index in [2.05, 4.69) is 5.32 Å². The number of barbiturate groups is 1. The molecule has 38 heavy (non-hydrogen) atoms. The third-order valence-electron chi connectivity index (χ3n) is 5.34. The summed E-state index contributed by atoms with van der Waals surface area (Å²) in [4.78, 5) is 49.4. The predicted octanol–water partition coefficient (Wildman–Crippen LogP) is 5.50. The number of ether oxygens (including phenoxy) is 2. The van der Waals surface area contributed by atoms with Crippen molar-refractivity contribution in [2.45, 2.75) is 13.5 Å². The Kier molecular flexibility index (Phi) is 8.27. The van der Waals surface area contributed by atoms with E-state index in [4.69, 9.17) is 21.1 Å². The van der Waals surface area contributed by atoms with Gasteiger partial charge < -0.3 is 9.47 Å². The number of urea groups is 1. The summed E-state index contributed by atoms with van der Waals surface area (Å²) >= 11 is 8.06. The van der Waals surface area contributed by atoms with Crippen LogP contribution in [-0.2, 0) is 16.2 Å². The average molecular weight is 648 g/mol. The first kappa shape index (κ1) is 27.1. The van der Waals surface area contributed by atoms with Crippen molar-refractivity contribution in [2.75, 3.05) is 11.5 Å². The topological polar surface area (TPSA) is 128 Å². The van der Waals surface area contributed by atoms with E-state index < -0.39 is 22.8 Å². The number of benzene rings is 3. The van der Waals surface area contributed by atoms with E-state index in [9.17, 15) is 24.5 Å². The van der Waals surface area contributed by atoms with Crippen LogP contribution in [0.25, 0.3) is 6.08 Å². The van der Waals surface area contributed by atoms with Crippen molar-refractivity contribution < 1.29 is 28.8 Å². The van der Waals surface area contributed by atoms with E-state index >= 15 is 0 Å². The first-order chi connectivity index (χ1) is 18.2. The highest BCUT2D eigenvalue weighted by atomic mass is 127. The maximum atomic E-state index is 13.2. The van der Waals surface area contributed by atoms with E-state index in [0.717, 1.165) is 10.5 Å². The fourth-order valence-corrected chi connectivity index (χ4v) is 4.58. The second-order valence-electron chi connectivity index (χ2n) is 7.91. The highest BCUT2D eigenvalue weighted by Gasteiger charge is 2.37. The van der Waals surface area contributed by atoms with Crippen LogP contribution in [0, 0.1) is 13.7 Å². The second kappa shape index (κ2) is 11.6. The number of hydrogen-bond acceptors (Lipinski definition) is 7. The zero-order chi connectivity index (χ0) is 27.4. The number of amides is 4. The molecule has 4 rings (SSSR count). The van der Waals surface area contributed by atoms with Crippen molar-refractivity contribution in [2.24, 2.45) is 0 Å². The molecule has 0 spiro atoms. The number of anilines is 1. The van der Waals surface area contributed by atoms with E-state index in [0.29, 0.717) is 32.3 Å². The molecule has 1 heterocycles. The Bertz CT molecular complexity index is 1470. The molecule has 4 amide bonds. The van der Waals surface area contributed by atoms with Crippen LogP contribution in [0.5, 0.6) is 11.5 Å². The molecular weight excluding hydrogens is 629 g/mol. The maximum absolute atomic E-state index is 13.2. The predicted molar refractivity (Wildman–Crippen MR) is 148 cm³/mol. The lowest BCUT2D eigenvalue weighted by atomic mass is 10.1. The van der Waals surface area contributed by atoms with Gasteiger partial charge in [-0.3, -0.25) is 25.0 Å². The van der Waals surface area contributed by atoms with Gasteiger partial charge in [0, 0.05) is 17.2 Å². The number of rotatable bonds is 8. The number of hydrogen-bond donors (Lipinski definition) is 1. The van der Waals surface area contributed by atoms with Crippen molar-refractivity contribution in [3.8, 4) is 11.5 Å². The lowest BCUT2D eigenvalue weighted by Gasteiger charge is -2.26. The Labute approximate surface area is 235 Å². The summed E-state index contributed by atoms with van der Waals surface area (Å²) in [6, 6.07) is 14.6. The fraction of sp³-hybridized carbons (Fsp3) is 0.115. The zero-order valence-corrected chi connectivity index (χ0v) is 22.7. The number of nitro groups is 1. The molecule has 194 valence electrons. The van der Waals surface area contributed by atoms with Crippen LogP contribution >= 0.6 is 34.2 Å². The van der Waals surface area contributed by atoms with Crippen LogP contribution in [0.15, 0.2) is 66.2 Å². The Hall–Kier alpha value is -3.97. The number of nitrogens with zero attached hydrogens (tertiary/aromatic N) is 2. The summed E-state index contributed by atoms with van der Waals surface area (Å²) < 4.78 is 12.3.